The van der Waals surface area contributed by atoms with Gasteiger partial charge in [-0.2, -0.15) is 0 Å². The van der Waals surface area contributed by atoms with Gasteiger partial charge < -0.3 is 15.4 Å². The Morgan fingerprint density at radius 1 is 0.824 bits per heavy atom. The Morgan fingerprint density at radius 3 is 1.76 bits per heavy atom. The zero-order valence-corrected chi connectivity index (χ0v) is 10.1. The highest BCUT2D eigenvalue weighted by Crippen LogP contribution is 2.24. The molecule has 0 bridgehead atoms. The molecule has 0 aliphatic carbocycles. The average molecular weight is 228 g/mol. The van der Waals surface area contributed by atoms with Gasteiger partial charge in [0.2, 0.25) is 0 Å². The van der Waals surface area contributed by atoms with Gasteiger partial charge in [-0.15, -0.1) is 0 Å². The average Bonchev–Trinajstić information content (AvgIpc) is 2.33. The third kappa shape index (κ3) is 2.91. The van der Waals surface area contributed by atoms with Crippen LogP contribution in [-0.2, 0) is 0 Å². The zero-order valence-electron chi connectivity index (χ0n) is 10.1. The zero-order chi connectivity index (χ0) is 12.3. The molecule has 0 unspecified atom stereocenters. The summed E-state index contributed by atoms with van der Waals surface area (Å²) >= 11 is 0. The molecule has 0 atom stereocenters. The van der Waals surface area contributed by atoms with E-state index < -0.39 is 0 Å². The summed E-state index contributed by atoms with van der Waals surface area (Å²) in [6, 6.07) is 15.3. The number of nitrogens with two attached hydrogens (primary N) is 1. The molecule has 3 heteroatoms. The minimum absolute atomic E-state index is 0.736. The lowest BCUT2D eigenvalue weighted by molar-refractivity contribution is 0.483. The van der Waals surface area contributed by atoms with Gasteiger partial charge in [-0.05, 0) is 48.5 Å². The van der Waals surface area contributed by atoms with Crippen molar-refractivity contribution in [1.29, 1.82) is 0 Å². The van der Waals surface area contributed by atoms with Crippen molar-refractivity contribution in [3.8, 4) is 11.5 Å². The van der Waals surface area contributed by atoms with Crippen molar-refractivity contribution >= 4 is 11.4 Å². The fourth-order valence-electron chi connectivity index (χ4n) is 1.48. The third-order valence-corrected chi connectivity index (χ3v) is 2.47. The van der Waals surface area contributed by atoms with E-state index in [2.05, 4.69) is 0 Å². The molecule has 0 saturated heterocycles. The molecule has 17 heavy (non-hydrogen) atoms. The van der Waals surface area contributed by atoms with E-state index in [0.29, 0.717) is 0 Å². The van der Waals surface area contributed by atoms with Crippen LogP contribution >= 0.6 is 0 Å². The molecule has 2 N–H and O–H groups in total. The SMILES string of the molecule is CN(C)c1ccc(Oc2ccc(N)cc2)cc1. The van der Waals surface area contributed by atoms with Crippen LogP contribution in [0.4, 0.5) is 11.4 Å². The second-order valence-corrected chi connectivity index (χ2v) is 4.06. The van der Waals surface area contributed by atoms with Crippen LogP contribution in [0.25, 0.3) is 0 Å². The molecule has 2 aromatic rings. The first-order valence-corrected chi connectivity index (χ1v) is 5.46. The van der Waals surface area contributed by atoms with Gasteiger partial charge in [0, 0.05) is 25.5 Å². The normalized spacial score (nSPS) is 10.0. The fraction of sp³-hybridized carbons (Fsp3) is 0.143. The molecule has 0 heterocycles. The van der Waals surface area contributed by atoms with E-state index in [4.69, 9.17) is 10.5 Å². The van der Waals surface area contributed by atoms with Gasteiger partial charge >= 0.3 is 0 Å². The molecular weight excluding hydrogens is 212 g/mol. The minimum Gasteiger partial charge on any atom is -0.457 e. The van der Waals surface area contributed by atoms with Crippen molar-refractivity contribution in [3.05, 3.63) is 48.5 Å². The first kappa shape index (κ1) is 11.3. The highest BCUT2D eigenvalue weighted by atomic mass is 16.5. The van der Waals surface area contributed by atoms with Gasteiger partial charge in [0.25, 0.3) is 0 Å². The first-order chi connectivity index (χ1) is 8.15. The van der Waals surface area contributed by atoms with Gasteiger partial charge in [0.15, 0.2) is 0 Å². The van der Waals surface area contributed by atoms with Crippen LogP contribution < -0.4 is 15.4 Å². The molecule has 0 radical (unpaired) electrons. The minimum atomic E-state index is 0.736. The quantitative estimate of drug-likeness (QED) is 0.820. The predicted molar refractivity (Wildman–Crippen MR) is 71.7 cm³/mol. The van der Waals surface area contributed by atoms with E-state index in [1.165, 1.54) is 0 Å². The summed E-state index contributed by atoms with van der Waals surface area (Å²) in [5, 5.41) is 0. The van der Waals surface area contributed by atoms with Gasteiger partial charge in [0.05, 0.1) is 0 Å². The highest BCUT2D eigenvalue weighted by Gasteiger charge is 1.98. The second-order valence-electron chi connectivity index (χ2n) is 4.06. The number of nitrogen functional groups attached to an aromatic ring is 1. The van der Waals surface area contributed by atoms with Crippen LogP contribution in [-0.4, -0.2) is 14.1 Å². The van der Waals surface area contributed by atoms with Crippen molar-refractivity contribution in [2.24, 2.45) is 0 Å². The Kier molecular flexibility index (Phi) is 3.19. The van der Waals surface area contributed by atoms with Crippen LogP contribution in [0.15, 0.2) is 48.5 Å². The molecule has 2 rings (SSSR count). The number of anilines is 2. The van der Waals surface area contributed by atoms with Crippen molar-refractivity contribution < 1.29 is 4.74 Å². The van der Waals surface area contributed by atoms with E-state index in [-0.39, 0.29) is 0 Å². The van der Waals surface area contributed by atoms with Crippen LogP contribution in [0.2, 0.25) is 0 Å². The highest BCUT2D eigenvalue weighted by molar-refractivity contribution is 5.49. The van der Waals surface area contributed by atoms with Crippen molar-refractivity contribution in [2.45, 2.75) is 0 Å². The lowest BCUT2D eigenvalue weighted by Crippen LogP contribution is -2.07. The molecule has 2 aromatic carbocycles. The van der Waals surface area contributed by atoms with E-state index in [0.717, 1.165) is 22.9 Å². The Hall–Kier alpha value is -2.16. The van der Waals surface area contributed by atoms with Crippen LogP contribution in [0.5, 0.6) is 11.5 Å². The largest absolute Gasteiger partial charge is 0.457 e. The molecule has 0 amide bonds. The summed E-state index contributed by atoms with van der Waals surface area (Å²) in [5.74, 6) is 1.61. The van der Waals surface area contributed by atoms with Gasteiger partial charge in [-0.25, -0.2) is 0 Å². The summed E-state index contributed by atoms with van der Waals surface area (Å²) in [6.45, 7) is 0. The molecule has 0 fully saturated rings. The molecule has 0 saturated carbocycles. The van der Waals surface area contributed by atoms with E-state index in [9.17, 15) is 0 Å². The maximum Gasteiger partial charge on any atom is 0.127 e. The summed E-state index contributed by atoms with van der Waals surface area (Å²) < 4.78 is 5.69. The maximum absolute atomic E-state index is 5.69. The van der Waals surface area contributed by atoms with E-state index >= 15 is 0 Å². The Morgan fingerprint density at radius 2 is 1.29 bits per heavy atom. The van der Waals surface area contributed by atoms with Gasteiger partial charge in [0.1, 0.15) is 11.5 Å². The molecular formula is C14H16N2O. The first-order valence-electron chi connectivity index (χ1n) is 5.46. The number of benzene rings is 2. The number of ether oxygens (including phenoxy) is 1. The smallest absolute Gasteiger partial charge is 0.127 e. The Bertz CT molecular complexity index is 475. The van der Waals surface area contributed by atoms with Gasteiger partial charge in [-0.1, -0.05) is 0 Å². The van der Waals surface area contributed by atoms with Crippen molar-refractivity contribution in [3.63, 3.8) is 0 Å². The number of rotatable bonds is 3. The molecule has 0 aliphatic heterocycles. The Labute approximate surface area is 101 Å². The van der Waals surface area contributed by atoms with E-state index in [1.807, 2.05) is 67.5 Å². The summed E-state index contributed by atoms with van der Waals surface area (Å²) in [6.07, 6.45) is 0. The number of hydrogen-bond donors (Lipinski definition) is 1. The maximum atomic E-state index is 5.69. The molecule has 3 nitrogen and oxygen atoms in total. The predicted octanol–water partition coefficient (Wildman–Crippen LogP) is 3.13. The third-order valence-electron chi connectivity index (χ3n) is 2.47. The lowest BCUT2D eigenvalue weighted by atomic mass is 10.3. The molecule has 0 aromatic heterocycles. The summed E-state index contributed by atoms with van der Waals surface area (Å²) in [4.78, 5) is 2.05. The molecule has 0 spiro atoms. The summed E-state index contributed by atoms with van der Waals surface area (Å²) in [5.41, 5.74) is 7.50. The molecule has 0 aliphatic rings. The van der Waals surface area contributed by atoms with E-state index in [1.54, 1.807) is 0 Å². The Balaban J connectivity index is 2.11. The lowest BCUT2D eigenvalue weighted by Gasteiger charge is -2.13. The second kappa shape index (κ2) is 4.78. The standard InChI is InChI=1S/C14H16N2O/c1-16(2)12-5-9-14(10-6-12)17-13-7-3-11(15)4-8-13/h3-10H,15H2,1-2H3. The van der Waals surface area contributed by atoms with Crippen molar-refractivity contribution in [2.75, 3.05) is 24.7 Å². The number of hydrogen-bond acceptors (Lipinski definition) is 3. The molecule has 88 valence electrons. The summed E-state index contributed by atoms with van der Waals surface area (Å²) in [7, 11) is 4.02. The number of nitrogens with zero attached hydrogens (tertiary/aromatic N) is 1. The fourth-order valence-corrected chi connectivity index (χ4v) is 1.48. The monoisotopic (exact) mass is 228 g/mol. The van der Waals surface area contributed by atoms with Gasteiger partial charge in [-0.3, -0.25) is 0 Å². The van der Waals surface area contributed by atoms with Crippen LogP contribution in [0.3, 0.4) is 0 Å². The van der Waals surface area contributed by atoms with Crippen molar-refractivity contribution in [1.82, 2.24) is 0 Å². The van der Waals surface area contributed by atoms with Crippen LogP contribution in [0, 0.1) is 0 Å². The topological polar surface area (TPSA) is 38.5 Å². The van der Waals surface area contributed by atoms with Crippen LogP contribution in [0.1, 0.15) is 0 Å².